The summed E-state index contributed by atoms with van der Waals surface area (Å²) in [7, 11) is 1.68. The van der Waals surface area contributed by atoms with Crippen LogP contribution in [0.3, 0.4) is 0 Å². The third kappa shape index (κ3) is 4.57. The Kier molecular flexibility index (Phi) is 6.58. The zero-order chi connectivity index (χ0) is 13.4. The summed E-state index contributed by atoms with van der Waals surface area (Å²) in [6, 6.07) is 6.42. The number of rotatable bonds is 8. The van der Waals surface area contributed by atoms with E-state index in [1.54, 1.807) is 7.11 Å². The summed E-state index contributed by atoms with van der Waals surface area (Å²) in [6.07, 6.45) is 2.29. The van der Waals surface area contributed by atoms with Gasteiger partial charge in [-0.25, -0.2) is 0 Å². The van der Waals surface area contributed by atoms with Gasteiger partial charge in [0.05, 0.1) is 7.11 Å². The third-order valence-electron chi connectivity index (χ3n) is 2.89. The second-order valence-corrected chi connectivity index (χ2v) is 4.51. The molecule has 0 radical (unpaired) electrons. The van der Waals surface area contributed by atoms with E-state index in [0.29, 0.717) is 12.6 Å². The van der Waals surface area contributed by atoms with Crippen molar-refractivity contribution in [3.8, 4) is 11.5 Å². The molecule has 0 aliphatic heterocycles. The van der Waals surface area contributed by atoms with Crippen molar-refractivity contribution in [1.82, 2.24) is 5.32 Å². The normalized spacial score (nSPS) is 12.2. The van der Waals surface area contributed by atoms with E-state index in [0.717, 1.165) is 30.9 Å². The van der Waals surface area contributed by atoms with Crippen LogP contribution in [-0.4, -0.2) is 26.3 Å². The Bertz CT molecular complexity index is 346. The van der Waals surface area contributed by atoms with E-state index in [1.165, 1.54) is 5.56 Å². The molecule has 0 saturated carbocycles. The summed E-state index contributed by atoms with van der Waals surface area (Å²) < 4.78 is 11.2. The number of benzene rings is 1. The minimum absolute atomic E-state index is 0.408. The van der Waals surface area contributed by atoms with Crippen molar-refractivity contribution in [3.63, 3.8) is 0 Å². The minimum Gasteiger partial charge on any atom is -0.493 e. The van der Waals surface area contributed by atoms with Crippen LogP contribution in [0.2, 0.25) is 0 Å². The van der Waals surface area contributed by atoms with Crippen LogP contribution < -0.4 is 14.8 Å². The molecule has 102 valence electrons. The van der Waals surface area contributed by atoms with Crippen LogP contribution in [0.5, 0.6) is 11.5 Å². The van der Waals surface area contributed by atoms with Crippen molar-refractivity contribution in [2.45, 2.75) is 39.7 Å². The molecule has 0 aromatic heterocycles. The van der Waals surface area contributed by atoms with E-state index in [1.807, 2.05) is 25.1 Å². The average molecular weight is 251 g/mol. The Morgan fingerprint density at radius 1 is 1.22 bits per heavy atom. The number of hydrogen-bond donors (Lipinski definition) is 1. The molecule has 18 heavy (non-hydrogen) atoms. The van der Waals surface area contributed by atoms with Crippen LogP contribution in [0.4, 0.5) is 0 Å². The van der Waals surface area contributed by atoms with Gasteiger partial charge in [0.25, 0.3) is 0 Å². The number of likely N-dealkylation sites (N-methyl/N-ethyl adjacent to an activating group) is 1. The van der Waals surface area contributed by atoms with E-state index in [4.69, 9.17) is 9.47 Å². The lowest BCUT2D eigenvalue weighted by molar-refractivity contribution is 0.246. The predicted molar refractivity (Wildman–Crippen MR) is 75.6 cm³/mol. The summed E-state index contributed by atoms with van der Waals surface area (Å²) in [5, 5.41) is 3.44. The van der Waals surface area contributed by atoms with Gasteiger partial charge in [0.15, 0.2) is 11.5 Å². The fraction of sp³-hybridized carbons (Fsp3) is 0.600. The average Bonchev–Trinajstić information content (AvgIpc) is 2.37. The van der Waals surface area contributed by atoms with E-state index < -0.39 is 0 Å². The molecule has 1 aromatic carbocycles. The Morgan fingerprint density at radius 2 is 2.00 bits per heavy atom. The fourth-order valence-electron chi connectivity index (χ4n) is 1.97. The molecule has 1 unspecified atom stereocenters. The Hall–Kier alpha value is -1.22. The van der Waals surface area contributed by atoms with Gasteiger partial charge in [0.2, 0.25) is 0 Å². The molecule has 0 aliphatic carbocycles. The molecule has 0 saturated heterocycles. The molecular formula is C15H25NO2. The van der Waals surface area contributed by atoms with E-state index >= 15 is 0 Å². The highest BCUT2D eigenvalue weighted by molar-refractivity contribution is 5.42. The van der Waals surface area contributed by atoms with Gasteiger partial charge in [-0.1, -0.05) is 26.3 Å². The minimum atomic E-state index is 0.408. The molecule has 3 nitrogen and oxygen atoms in total. The second-order valence-electron chi connectivity index (χ2n) is 4.51. The SMILES string of the molecule is CCCC(COc1ccc(C)cc1OC)NCC. The number of ether oxygens (including phenoxy) is 2. The van der Waals surface area contributed by atoms with Crippen LogP contribution in [0.25, 0.3) is 0 Å². The molecule has 0 heterocycles. The van der Waals surface area contributed by atoms with Crippen molar-refractivity contribution in [1.29, 1.82) is 0 Å². The summed E-state index contributed by atoms with van der Waals surface area (Å²) in [6.45, 7) is 8.01. The van der Waals surface area contributed by atoms with E-state index in [9.17, 15) is 0 Å². The highest BCUT2D eigenvalue weighted by Gasteiger charge is 2.09. The van der Waals surface area contributed by atoms with Gasteiger partial charge in [0, 0.05) is 6.04 Å². The lowest BCUT2D eigenvalue weighted by atomic mass is 10.2. The molecule has 1 aromatic rings. The number of nitrogens with one attached hydrogen (secondary N) is 1. The molecule has 0 spiro atoms. The predicted octanol–water partition coefficient (Wildman–Crippen LogP) is 3.16. The lowest BCUT2D eigenvalue weighted by Crippen LogP contribution is -2.34. The molecule has 0 bridgehead atoms. The van der Waals surface area contributed by atoms with Gasteiger partial charge >= 0.3 is 0 Å². The molecule has 0 amide bonds. The summed E-state index contributed by atoms with van der Waals surface area (Å²) in [4.78, 5) is 0. The van der Waals surface area contributed by atoms with Gasteiger partial charge < -0.3 is 14.8 Å². The van der Waals surface area contributed by atoms with Crippen molar-refractivity contribution in [2.24, 2.45) is 0 Å². The largest absolute Gasteiger partial charge is 0.493 e. The first-order valence-corrected chi connectivity index (χ1v) is 6.72. The zero-order valence-electron chi connectivity index (χ0n) is 12.0. The van der Waals surface area contributed by atoms with Gasteiger partial charge in [-0.15, -0.1) is 0 Å². The topological polar surface area (TPSA) is 30.5 Å². The smallest absolute Gasteiger partial charge is 0.161 e. The summed E-state index contributed by atoms with van der Waals surface area (Å²) >= 11 is 0. The van der Waals surface area contributed by atoms with Crippen LogP contribution in [-0.2, 0) is 0 Å². The lowest BCUT2D eigenvalue weighted by Gasteiger charge is -2.19. The quantitative estimate of drug-likeness (QED) is 0.770. The molecule has 1 atom stereocenters. The Labute approximate surface area is 110 Å². The van der Waals surface area contributed by atoms with Gasteiger partial charge in [-0.3, -0.25) is 0 Å². The number of hydrogen-bond acceptors (Lipinski definition) is 3. The second kappa shape index (κ2) is 7.98. The highest BCUT2D eigenvalue weighted by Crippen LogP contribution is 2.27. The Morgan fingerprint density at radius 3 is 2.61 bits per heavy atom. The zero-order valence-corrected chi connectivity index (χ0v) is 12.0. The third-order valence-corrected chi connectivity index (χ3v) is 2.89. The maximum atomic E-state index is 5.86. The molecule has 3 heteroatoms. The Balaban J connectivity index is 2.60. The molecular weight excluding hydrogens is 226 g/mol. The van der Waals surface area contributed by atoms with Crippen LogP contribution in [0.1, 0.15) is 32.3 Å². The van der Waals surface area contributed by atoms with Gasteiger partial charge in [-0.05, 0) is 37.6 Å². The van der Waals surface area contributed by atoms with Crippen LogP contribution in [0.15, 0.2) is 18.2 Å². The molecule has 1 N–H and O–H groups in total. The molecule has 1 rings (SSSR count). The van der Waals surface area contributed by atoms with E-state index in [-0.39, 0.29) is 0 Å². The molecule has 0 aliphatic rings. The van der Waals surface area contributed by atoms with Crippen molar-refractivity contribution >= 4 is 0 Å². The van der Waals surface area contributed by atoms with Crippen molar-refractivity contribution < 1.29 is 9.47 Å². The maximum Gasteiger partial charge on any atom is 0.161 e. The first kappa shape index (κ1) is 14.8. The van der Waals surface area contributed by atoms with Gasteiger partial charge in [-0.2, -0.15) is 0 Å². The summed E-state index contributed by atoms with van der Waals surface area (Å²) in [5.41, 5.74) is 1.18. The monoisotopic (exact) mass is 251 g/mol. The summed E-state index contributed by atoms with van der Waals surface area (Å²) in [5.74, 6) is 1.63. The molecule has 0 fully saturated rings. The van der Waals surface area contributed by atoms with Gasteiger partial charge in [0.1, 0.15) is 6.61 Å². The van der Waals surface area contributed by atoms with Crippen LogP contribution >= 0.6 is 0 Å². The van der Waals surface area contributed by atoms with Crippen molar-refractivity contribution in [3.05, 3.63) is 23.8 Å². The number of aryl methyl sites for hydroxylation is 1. The standard InChI is InChI=1S/C15H25NO2/c1-5-7-13(16-6-2)11-18-14-9-8-12(3)10-15(14)17-4/h8-10,13,16H,5-7,11H2,1-4H3. The fourth-order valence-corrected chi connectivity index (χ4v) is 1.97. The van der Waals surface area contributed by atoms with Crippen LogP contribution in [0, 0.1) is 6.92 Å². The first-order chi connectivity index (χ1) is 8.71. The van der Waals surface area contributed by atoms with Crippen molar-refractivity contribution in [2.75, 3.05) is 20.3 Å². The first-order valence-electron chi connectivity index (χ1n) is 6.72. The number of methoxy groups -OCH3 is 1. The highest BCUT2D eigenvalue weighted by atomic mass is 16.5. The maximum absolute atomic E-state index is 5.86. The van der Waals surface area contributed by atoms with E-state index in [2.05, 4.69) is 19.2 Å².